The molecule has 2 heteroatoms. The smallest absolute Gasteiger partial charge is 0.0431 e. The Hall–Kier alpha value is -1.02. The highest BCUT2D eigenvalue weighted by Gasteiger charge is 2.08. The van der Waals surface area contributed by atoms with Gasteiger partial charge in [0.15, 0.2) is 0 Å². The molecular formula is C14H23NO. The van der Waals surface area contributed by atoms with Gasteiger partial charge in [0.05, 0.1) is 0 Å². The summed E-state index contributed by atoms with van der Waals surface area (Å²) >= 11 is 0. The summed E-state index contributed by atoms with van der Waals surface area (Å²) in [4.78, 5) is 0. The zero-order valence-corrected chi connectivity index (χ0v) is 10.5. The first-order valence-electron chi connectivity index (χ1n) is 6.11. The summed E-state index contributed by atoms with van der Waals surface area (Å²) in [7, 11) is 0. The number of anilines is 1. The highest BCUT2D eigenvalue weighted by atomic mass is 16.2. The lowest BCUT2D eigenvalue weighted by atomic mass is 10.0. The second kappa shape index (κ2) is 6.54. The molecule has 0 radical (unpaired) electrons. The van der Waals surface area contributed by atoms with E-state index >= 15 is 0 Å². The molecule has 0 bridgehead atoms. The van der Waals surface area contributed by atoms with Gasteiger partial charge in [-0.25, -0.2) is 0 Å². The molecule has 1 atom stereocenters. The van der Waals surface area contributed by atoms with Crippen LogP contribution in [0.3, 0.4) is 0 Å². The van der Waals surface area contributed by atoms with E-state index in [1.165, 1.54) is 11.3 Å². The topological polar surface area (TPSA) is 32.3 Å². The van der Waals surface area contributed by atoms with Crippen molar-refractivity contribution >= 4 is 5.69 Å². The van der Waals surface area contributed by atoms with E-state index in [2.05, 4.69) is 50.4 Å². The Kier molecular flexibility index (Phi) is 5.33. The molecular weight excluding hydrogens is 198 g/mol. The molecule has 0 aliphatic rings. The molecule has 1 aromatic carbocycles. The van der Waals surface area contributed by atoms with Gasteiger partial charge in [-0.05, 0) is 37.3 Å². The van der Waals surface area contributed by atoms with Crippen LogP contribution in [0.25, 0.3) is 0 Å². The first-order chi connectivity index (χ1) is 7.65. The highest BCUT2D eigenvalue weighted by Crippen LogP contribution is 2.24. The second-order valence-electron chi connectivity index (χ2n) is 4.65. The van der Waals surface area contributed by atoms with E-state index < -0.39 is 0 Å². The maximum absolute atomic E-state index is 8.80. The Labute approximate surface area is 98.7 Å². The van der Waals surface area contributed by atoms with Crippen LogP contribution in [0.15, 0.2) is 24.3 Å². The molecule has 1 rings (SSSR count). The summed E-state index contributed by atoms with van der Waals surface area (Å²) < 4.78 is 0. The van der Waals surface area contributed by atoms with Crippen LogP contribution in [0.5, 0.6) is 0 Å². The lowest BCUT2D eigenvalue weighted by molar-refractivity contribution is 0.282. The molecule has 0 spiro atoms. The van der Waals surface area contributed by atoms with Crippen molar-refractivity contribution in [2.45, 2.75) is 45.6 Å². The molecule has 0 heterocycles. The SMILES string of the molecule is CC(CCCO)Nc1ccccc1C(C)C. The van der Waals surface area contributed by atoms with Gasteiger partial charge in [-0.2, -0.15) is 0 Å². The van der Waals surface area contributed by atoms with E-state index in [-0.39, 0.29) is 6.61 Å². The minimum atomic E-state index is 0.276. The van der Waals surface area contributed by atoms with Gasteiger partial charge in [0.1, 0.15) is 0 Å². The van der Waals surface area contributed by atoms with Gasteiger partial charge in [0.2, 0.25) is 0 Å². The minimum Gasteiger partial charge on any atom is -0.396 e. The lowest BCUT2D eigenvalue weighted by Crippen LogP contribution is -2.16. The van der Waals surface area contributed by atoms with Gasteiger partial charge in [-0.15, -0.1) is 0 Å². The third-order valence-electron chi connectivity index (χ3n) is 2.78. The van der Waals surface area contributed by atoms with Crippen molar-refractivity contribution in [2.75, 3.05) is 11.9 Å². The number of para-hydroxylation sites is 1. The van der Waals surface area contributed by atoms with Gasteiger partial charge < -0.3 is 10.4 Å². The van der Waals surface area contributed by atoms with Crippen LogP contribution in [-0.2, 0) is 0 Å². The fraction of sp³-hybridized carbons (Fsp3) is 0.571. The zero-order valence-electron chi connectivity index (χ0n) is 10.5. The fourth-order valence-corrected chi connectivity index (χ4v) is 1.87. The monoisotopic (exact) mass is 221 g/mol. The minimum absolute atomic E-state index is 0.276. The van der Waals surface area contributed by atoms with E-state index in [1.54, 1.807) is 0 Å². The maximum Gasteiger partial charge on any atom is 0.0431 e. The predicted molar refractivity (Wildman–Crippen MR) is 69.9 cm³/mol. The third-order valence-corrected chi connectivity index (χ3v) is 2.78. The number of aliphatic hydroxyl groups is 1. The molecule has 0 saturated carbocycles. The number of rotatable bonds is 6. The Morgan fingerprint density at radius 1 is 1.19 bits per heavy atom. The molecule has 1 unspecified atom stereocenters. The summed E-state index contributed by atoms with van der Waals surface area (Å²) in [5.74, 6) is 0.536. The quantitative estimate of drug-likeness (QED) is 0.771. The summed E-state index contributed by atoms with van der Waals surface area (Å²) in [5, 5.41) is 12.3. The third kappa shape index (κ3) is 3.86. The van der Waals surface area contributed by atoms with Gasteiger partial charge in [-0.1, -0.05) is 32.0 Å². The molecule has 1 aromatic rings. The van der Waals surface area contributed by atoms with E-state index in [1.807, 2.05) is 0 Å². The van der Waals surface area contributed by atoms with Gasteiger partial charge in [0.25, 0.3) is 0 Å². The maximum atomic E-state index is 8.80. The molecule has 0 amide bonds. The number of hydrogen-bond acceptors (Lipinski definition) is 2. The van der Waals surface area contributed by atoms with E-state index in [4.69, 9.17) is 5.11 Å². The highest BCUT2D eigenvalue weighted by molar-refractivity contribution is 5.53. The van der Waals surface area contributed by atoms with Crippen LogP contribution >= 0.6 is 0 Å². The molecule has 0 aliphatic carbocycles. The largest absolute Gasteiger partial charge is 0.396 e. The van der Waals surface area contributed by atoms with Crippen LogP contribution in [-0.4, -0.2) is 17.8 Å². The van der Waals surface area contributed by atoms with Crippen molar-refractivity contribution in [3.63, 3.8) is 0 Å². The van der Waals surface area contributed by atoms with Crippen molar-refractivity contribution in [3.8, 4) is 0 Å². The molecule has 0 aliphatic heterocycles. The average molecular weight is 221 g/mol. The standard InChI is InChI=1S/C14H23NO/c1-11(2)13-8-4-5-9-14(13)15-12(3)7-6-10-16/h4-5,8-9,11-12,15-16H,6-7,10H2,1-3H3. The van der Waals surface area contributed by atoms with Crippen LogP contribution in [0.2, 0.25) is 0 Å². The molecule has 16 heavy (non-hydrogen) atoms. The lowest BCUT2D eigenvalue weighted by Gasteiger charge is -2.19. The number of nitrogens with one attached hydrogen (secondary N) is 1. The fourth-order valence-electron chi connectivity index (χ4n) is 1.87. The Morgan fingerprint density at radius 2 is 1.88 bits per heavy atom. The predicted octanol–water partition coefficient (Wildman–Crippen LogP) is 3.38. The first-order valence-corrected chi connectivity index (χ1v) is 6.11. The van der Waals surface area contributed by atoms with Crippen molar-refractivity contribution < 1.29 is 5.11 Å². The molecule has 0 fully saturated rings. The van der Waals surface area contributed by atoms with E-state index in [9.17, 15) is 0 Å². The van der Waals surface area contributed by atoms with Crippen molar-refractivity contribution in [1.29, 1.82) is 0 Å². The van der Waals surface area contributed by atoms with Crippen molar-refractivity contribution in [2.24, 2.45) is 0 Å². The van der Waals surface area contributed by atoms with Crippen molar-refractivity contribution in [3.05, 3.63) is 29.8 Å². The molecule has 0 saturated heterocycles. The average Bonchev–Trinajstić information content (AvgIpc) is 2.27. The summed E-state index contributed by atoms with van der Waals surface area (Å²) in [6.07, 6.45) is 1.86. The van der Waals surface area contributed by atoms with Gasteiger partial charge in [0, 0.05) is 18.3 Å². The molecule has 90 valence electrons. The normalized spacial score (nSPS) is 12.8. The van der Waals surface area contributed by atoms with E-state index in [0.717, 1.165) is 12.8 Å². The van der Waals surface area contributed by atoms with Crippen LogP contribution in [0.4, 0.5) is 5.69 Å². The molecule has 0 aromatic heterocycles. The Bertz CT molecular complexity index is 309. The Morgan fingerprint density at radius 3 is 2.50 bits per heavy atom. The van der Waals surface area contributed by atoms with Gasteiger partial charge in [-0.3, -0.25) is 0 Å². The van der Waals surface area contributed by atoms with Crippen LogP contribution in [0, 0.1) is 0 Å². The van der Waals surface area contributed by atoms with Crippen LogP contribution in [0.1, 0.15) is 45.1 Å². The first kappa shape index (κ1) is 13.0. The van der Waals surface area contributed by atoms with Gasteiger partial charge >= 0.3 is 0 Å². The number of aliphatic hydroxyl groups excluding tert-OH is 1. The Balaban J connectivity index is 2.65. The molecule has 2 N–H and O–H groups in total. The van der Waals surface area contributed by atoms with E-state index in [0.29, 0.717) is 12.0 Å². The zero-order chi connectivity index (χ0) is 12.0. The number of benzene rings is 1. The van der Waals surface area contributed by atoms with Crippen molar-refractivity contribution in [1.82, 2.24) is 0 Å². The van der Waals surface area contributed by atoms with Crippen LogP contribution < -0.4 is 5.32 Å². The number of hydrogen-bond donors (Lipinski definition) is 2. The summed E-state index contributed by atoms with van der Waals surface area (Å²) in [6.45, 7) is 6.85. The summed E-state index contributed by atoms with van der Waals surface area (Å²) in [6, 6.07) is 8.86. The molecule has 2 nitrogen and oxygen atoms in total. The second-order valence-corrected chi connectivity index (χ2v) is 4.65. The summed E-state index contributed by atoms with van der Waals surface area (Å²) in [5.41, 5.74) is 2.58.